The molecule has 1 amide bonds. The molecule has 2 heterocycles. The van der Waals surface area contributed by atoms with Gasteiger partial charge in [0.1, 0.15) is 0 Å². The van der Waals surface area contributed by atoms with Crippen LogP contribution in [0.4, 0.5) is 0 Å². The zero-order chi connectivity index (χ0) is 20.8. The van der Waals surface area contributed by atoms with Gasteiger partial charge in [0.15, 0.2) is 0 Å². The van der Waals surface area contributed by atoms with Gasteiger partial charge in [-0.1, -0.05) is 61.5 Å². The summed E-state index contributed by atoms with van der Waals surface area (Å²) >= 11 is 0. The summed E-state index contributed by atoms with van der Waals surface area (Å²) in [4.78, 5) is 17.8. The first kappa shape index (κ1) is 20.3. The van der Waals surface area contributed by atoms with E-state index in [4.69, 9.17) is 0 Å². The monoisotopic (exact) mass is 403 g/mol. The third kappa shape index (κ3) is 4.78. The van der Waals surface area contributed by atoms with Crippen molar-refractivity contribution in [3.05, 3.63) is 77.5 Å². The average molecular weight is 404 g/mol. The normalized spacial score (nSPS) is 15.2. The molecule has 2 aromatic carbocycles. The zero-order valence-corrected chi connectivity index (χ0v) is 17.5. The minimum absolute atomic E-state index is 0.117. The Labute approximate surface area is 177 Å². The lowest BCUT2D eigenvalue weighted by atomic mass is 10.1. The van der Waals surface area contributed by atoms with Gasteiger partial charge in [-0.05, 0) is 17.7 Å². The van der Waals surface area contributed by atoms with Gasteiger partial charge in [-0.3, -0.25) is 14.8 Å². The molecule has 1 aromatic heterocycles. The van der Waals surface area contributed by atoms with Crippen molar-refractivity contribution in [3.8, 4) is 11.3 Å². The van der Waals surface area contributed by atoms with Crippen LogP contribution in [0.5, 0.6) is 0 Å². The Morgan fingerprint density at radius 3 is 2.37 bits per heavy atom. The average Bonchev–Trinajstić information content (AvgIpc) is 3.29. The standard InChI is InChI=1S/C24H29N5O/c1-2-28-12-14-29(15-13-28)18-21-11-7-6-10-20(21)16-25-24(30)22-17-26-27-23(22)19-8-4-3-5-9-19/h3-11,17H,2,12-16,18H2,1H3,(H,25,30)(H,26,27). The van der Waals surface area contributed by atoms with E-state index in [1.807, 2.05) is 36.4 Å². The lowest BCUT2D eigenvalue weighted by Gasteiger charge is -2.34. The SMILES string of the molecule is CCN1CCN(Cc2ccccc2CNC(=O)c2cn[nH]c2-c2ccccc2)CC1. The summed E-state index contributed by atoms with van der Waals surface area (Å²) in [6.45, 7) is 9.19. The van der Waals surface area contributed by atoms with Gasteiger partial charge in [0, 0.05) is 44.8 Å². The van der Waals surface area contributed by atoms with Crippen LogP contribution in [0, 0.1) is 0 Å². The Morgan fingerprint density at radius 1 is 0.967 bits per heavy atom. The van der Waals surface area contributed by atoms with E-state index >= 15 is 0 Å². The van der Waals surface area contributed by atoms with Crippen molar-refractivity contribution in [3.63, 3.8) is 0 Å². The Bertz CT molecular complexity index is 960. The van der Waals surface area contributed by atoms with Gasteiger partial charge < -0.3 is 10.2 Å². The third-order valence-electron chi connectivity index (χ3n) is 5.81. The summed E-state index contributed by atoms with van der Waals surface area (Å²) in [6, 6.07) is 18.2. The lowest BCUT2D eigenvalue weighted by Crippen LogP contribution is -2.45. The second-order valence-corrected chi connectivity index (χ2v) is 7.69. The second-order valence-electron chi connectivity index (χ2n) is 7.69. The maximum atomic E-state index is 12.9. The molecule has 0 spiro atoms. The summed E-state index contributed by atoms with van der Waals surface area (Å²) in [5, 5.41) is 10.1. The van der Waals surface area contributed by atoms with Crippen LogP contribution in [-0.2, 0) is 13.1 Å². The first-order valence-electron chi connectivity index (χ1n) is 10.6. The van der Waals surface area contributed by atoms with Gasteiger partial charge in [-0.2, -0.15) is 5.10 Å². The van der Waals surface area contributed by atoms with E-state index in [0.717, 1.165) is 56.1 Å². The molecular formula is C24H29N5O. The molecule has 0 aliphatic carbocycles. The fraction of sp³-hybridized carbons (Fsp3) is 0.333. The molecule has 3 aromatic rings. The summed E-state index contributed by atoms with van der Waals surface area (Å²) < 4.78 is 0. The van der Waals surface area contributed by atoms with E-state index < -0.39 is 0 Å². The highest BCUT2D eigenvalue weighted by atomic mass is 16.1. The van der Waals surface area contributed by atoms with Gasteiger partial charge in [-0.15, -0.1) is 0 Å². The molecule has 0 unspecified atom stereocenters. The molecule has 1 fully saturated rings. The second kappa shape index (κ2) is 9.69. The molecule has 30 heavy (non-hydrogen) atoms. The smallest absolute Gasteiger partial charge is 0.255 e. The van der Waals surface area contributed by atoms with Gasteiger partial charge in [-0.25, -0.2) is 0 Å². The number of aromatic nitrogens is 2. The summed E-state index contributed by atoms with van der Waals surface area (Å²) in [5.74, 6) is -0.117. The first-order chi connectivity index (χ1) is 14.7. The minimum atomic E-state index is -0.117. The number of likely N-dealkylation sites (N-methyl/N-ethyl adjacent to an activating group) is 1. The summed E-state index contributed by atoms with van der Waals surface area (Å²) in [5.41, 5.74) is 4.70. The molecular weight excluding hydrogens is 374 g/mol. The van der Waals surface area contributed by atoms with Crippen LogP contribution >= 0.6 is 0 Å². The molecule has 0 radical (unpaired) electrons. The topological polar surface area (TPSA) is 64.3 Å². The van der Waals surface area contributed by atoms with Crippen LogP contribution in [-0.4, -0.2) is 58.6 Å². The van der Waals surface area contributed by atoms with E-state index in [1.54, 1.807) is 6.20 Å². The van der Waals surface area contributed by atoms with Crippen LogP contribution in [0.2, 0.25) is 0 Å². The molecule has 1 saturated heterocycles. The minimum Gasteiger partial charge on any atom is -0.348 e. The van der Waals surface area contributed by atoms with Crippen LogP contribution in [0.3, 0.4) is 0 Å². The van der Waals surface area contributed by atoms with Gasteiger partial charge in [0.2, 0.25) is 0 Å². The number of hydrogen-bond donors (Lipinski definition) is 2. The molecule has 0 atom stereocenters. The molecule has 156 valence electrons. The number of rotatable bonds is 7. The van der Waals surface area contributed by atoms with Gasteiger partial charge in [0.25, 0.3) is 5.91 Å². The molecule has 6 heteroatoms. The van der Waals surface area contributed by atoms with Crippen molar-refractivity contribution in [1.29, 1.82) is 0 Å². The Kier molecular flexibility index (Phi) is 6.57. The third-order valence-corrected chi connectivity index (χ3v) is 5.81. The number of H-pyrrole nitrogens is 1. The first-order valence-corrected chi connectivity index (χ1v) is 10.6. The zero-order valence-electron chi connectivity index (χ0n) is 17.5. The number of benzene rings is 2. The van der Waals surface area contributed by atoms with Crippen molar-refractivity contribution in [2.75, 3.05) is 32.7 Å². The molecule has 0 bridgehead atoms. The molecule has 0 saturated carbocycles. The van der Waals surface area contributed by atoms with Crippen molar-refractivity contribution < 1.29 is 4.79 Å². The van der Waals surface area contributed by atoms with Crippen LogP contribution in [0.15, 0.2) is 60.8 Å². The van der Waals surface area contributed by atoms with E-state index in [2.05, 4.69) is 50.4 Å². The number of nitrogens with one attached hydrogen (secondary N) is 2. The predicted octanol–water partition coefficient (Wildman–Crippen LogP) is 3.14. The van der Waals surface area contributed by atoms with Crippen LogP contribution < -0.4 is 5.32 Å². The number of hydrogen-bond acceptors (Lipinski definition) is 4. The number of amides is 1. The molecule has 1 aliphatic heterocycles. The number of piperazine rings is 1. The Morgan fingerprint density at radius 2 is 1.63 bits per heavy atom. The van der Waals surface area contributed by atoms with Crippen LogP contribution in [0.25, 0.3) is 11.3 Å². The highest BCUT2D eigenvalue weighted by molar-refractivity contribution is 5.99. The number of nitrogens with zero attached hydrogens (tertiary/aromatic N) is 3. The van der Waals surface area contributed by atoms with Crippen molar-refractivity contribution in [2.45, 2.75) is 20.0 Å². The predicted molar refractivity (Wildman–Crippen MR) is 119 cm³/mol. The van der Waals surface area contributed by atoms with Crippen LogP contribution in [0.1, 0.15) is 28.4 Å². The molecule has 6 nitrogen and oxygen atoms in total. The number of carbonyl (C=O) groups is 1. The Balaban J connectivity index is 1.40. The van der Waals surface area contributed by atoms with Gasteiger partial charge in [0.05, 0.1) is 17.5 Å². The van der Waals surface area contributed by atoms with Gasteiger partial charge >= 0.3 is 0 Å². The quantitative estimate of drug-likeness (QED) is 0.636. The largest absolute Gasteiger partial charge is 0.348 e. The summed E-state index contributed by atoms with van der Waals surface area (Å²) in [6.07, 6.45) is 1.59. The van der Waals surface area contributed by atoms with Crippen molar-refractivity contribution in [2.24, 2.45) is 0 Å². The Hall–Kier alpha value is -2.96. The molecule has 2 N–H and O–H groups in total. The maximum Gasteiger partial charge on any atom is 0.255 e. The molecule has 4 rings (SSSR count). The van der Waals surface area contributed by atoms with E-state index in [1.165, 1.54) is 5.56 Å². The number of aromatic amines is 1. The highest BCUT2D eigenvalue weighted by Crippen LogP contribution is 2.21. The molecule has 1 aliphatic rings. The lowest BCUT2D eigenvalue weighted by molar-refractivity contribution is 0.0951. The fourth-order valence-corrected chi connectivity index (χ4v) is 3.94. The van der Waals surface area contributed by atoms with E-state index in [9.17, 15) is 4.79 Å². The number of carbonyl (C=O) groups excluding carboxylic acids is 1. The fourth-order valence-electron chi connectivity index (χ4n) is 3.94. The maximum absolute atomic E-state index is 12.9. The highest BCUT2D eigenvalue weighted by Gasteiger charge is 2.18. The van der Waals surface area contributed by atoms with Crippen molar-refractivity contribution >= 4 is 5.91 Å². The van der Waals surface area contributed by atoms with E-state index in [-0.39, 0.29) is 5.91 Å². The van der Waals surface area contributed by atoms with E-state index in [0.29, 0.717) is 12.1 Å². The summed E-state index contributed by atoms with van der Waals surface area (Å²) in [7, 11) is 0. The van der Waals surface area contributed by atoms with Crippen molar-refractivity contribution in [1.82, 2.24) is 25.3 Å².